The van der Waals surface area contributed by atoms with E-state index in [2.05, 4.69) is 27.6 Å². The number of aryl methyl sites for hydroxylation is 1. The molecule has 0 radical (unpaired) electrons. The zero-order valence-electron chi connectivity index (χ0n) is 22.4. The standard InChI is InChI=1S/C29H28BN5O4S/c1-4-31-27(36)15-25-29-34-33-17(2)35(29)26-12-8-20(38-3)13-23(26)28(32-25)18-5-9-21(10-6-18)40-22-11-7-19-16-39-30(37)24(19)14-22/h5-14,25,37H,4,15-16H2,1-3H3,(H,31,36)/t25-/m0/s1. The number of benzene rings is 3. The van der Waals surface area contributed by atoms with Gasteiger partial charge in [0, 0.05) is 27.5 Å². The van der Waals surface area contributed by atoms with Crippen molar-refractivity contribution in [1.82, 2.24) is 20.1 Å². The highest BCUT2D eigenvalue weighted by Gasteiger charge is 2.30. The highest BCUT2D eigenvalue weighted by atomic mass is 32.2. The van der Waals surface area contributed by atoms with Crippen LogP contribution in [0.4, 0.5) is 0 Å². The molecule has 0 spiro atoms. The predicted molar refractivity (Wildman–Crippen MR) is 154 cm³/mol. The van der Waals surface area contributed by atoms with Crippen LogP contribution in [0, 0.1) is 6.92 Å². The van der Waals surface area contributed by atoms with Crippen LogP contribution >= 0.6 is 11.8 Å². The van der Waals surface area contributed by atoms with Crippen LogP contribution in [0.3, 0.4) is 0 Å². The van der Waals surface area contributed by atoms with Crippen molar-refractivity contribution >= 4 is 36.0 Å². The van der Waals surface area contributed by atoms with Crippen LogP contribution in [0.2, 0.25) is 0 Å². The SMILES string of the molecule is CCNC(=O)C[C@@H]1N=C(c2ccc(Sc3ccc4c(c3)B(O)OC4)cc2)c2cc(OC)ccc2-n2c(C)nnc21. The Kier molecular flexibility index (Phi) is 7.18. The molecule has 11 heteroatoms. The molecule has 202 valence electrons. The molecule has 0 aliphatic carbocycles. The van der Waals surface area contributed by atoms with E-state index in [-0.39, 0.29) is 12.3 Å². The molecule has 1 atom stereocenters. The van der Waals surface area contributed by atoms with Gasteiger partial charge in [0.05, 0.1) is 31.5 Å². The van der Waals surface area contributed by atoms with Crippen LogP contribution in [0.25, 0.3) is 5.69 Å². The molecule has 40 heavy (non-hydrogen) atoms. The lowest BCUT2D eigenvalue weighted by Gasteiger charge is -2.14. The topological polar surface area (TPSA) is 111 Å². The van der Waals surface area contributed by atoms with E-state index >= 15 is 0 Å². The third-order valence-corrected chi connectivity index (χ3v) is 8.03. The lowest BCUT2D eigenvalue weighted by Crippen LogP contribution is -2.27. The smallest absolute Gasteiger partial charge is 0.491 e. The minimum Gasteiger partial charge on any atom is -0.497 e. The van der Waals surface area contributed by atoms with E-state index < -0.39 is 13.2 Å². The van der Waals surface area contributed by atoms with E-state index in [4.69, 9.17) is 14.4 Å². The van der Waals surface area contributed by atoms with Gasteiger partial charge in [-0.15, -0.1) is 10.2 Å². The van der Waals surface area contributed by atoms with Crippen LogP contribution in [-0.4, -0.2) is 52.2 Å². The van der Waals surface area contributed by atoms with Gasteiger partial charge in [-0.05, 0) is 67.3 Å². The fraction of sp³-hybridized carbons (Fsp3) is 0.241. The van der Waals surface area contributed by atoms with Crippen LogP contribution in [-0.2, 0) is 16.1 Å². The third kappa shape index (κ3) is 4.92. The summed E-state index contributed by atoms with van der Waals surface area (Å²) in [6, 6.07) is 19.5. The van der Waals surface area contributed by atoms with E-state index in [0.29, 0.717) is 24.7 Å². The second-order valence-corrected chi connectivity index (χ2v) is 10.8. The van der Waals surface area contributed by atoms with Crippen LogP contribution in [0.15, 0.2) is 75.4 Å². The molecule has 1 aromatic heterocycles. The molecule has 2 N–H and O–H groups in total. The predicted octanol–water partition coefficient (Wildman–Crippen LogP) is 3.37. The first-order valence-electron chi connectivity index (χ1n) is 13.1. The summed E-state index contributed by atoms with van der Waals surface area (Å²) < 4.78 is 12.9. The summed E-state index contributed by atoms with van der Waals surface area (Å²) in [5, 5.41) is 21.7. The number of nitrogens with one attached hydrogen (secondary N) is 1. The Bertz CT molecular complexity index is 1620. The zero-order valence-corrected chi connectivity index (χ0v) is 23.2. The van der Waals surface area contributed by atoms with Gasteiger partial charge in [0.15, 0.2) is 5.82 Å². The normalized spacial score (nSPS) is 15.6. The van der Waals surface area contributed by atoms with Crippen LogP contribution in [0.5, 0.6) is 5.75 Å². The first-order chi connectivity index (χ1) is 19.4. The molecule has 0 bridgehead atoms. The molecular formula is C29H28BN5O4S. The van der Waals surface area contributed by atoms with E-state index in [1.165, 1.54) is 0 Å². The first-order valence-corrected chi connectivity index (χ1v) is 13.9. The highest BCUT2D eigenvalue weighted by molar-refractivity contribution is 7.99. The average molecular weight is 553 g/mol. The summed E-state index contributed by atoms with van der Waals surface area (Å²) in [5.74, 6) is 1.95. The highest BCUT2D eigenvalue weighted by Crippen LogP contribution is 2.35. The summed E-state index contributed by atoms with van der Waals surface area (Å²) in [4.78, 5) is 19.9. The Hall–Kier alpha value is -3.93. The van der Waals surface area contributed by atoms with Gasteiger partial charge >= 0.3 is 7.12 Å². The Morgan fingerprint density at radius 1 is 1.15 bits per heavy atom. The van der Waals surface area contributed by atoms with E-state index in [1.54, 1.807) is 18.9 Å². The van der Waals surface area contributed by atoms with Crippen molar-refractivity contribution in [2.24, 2.45) is 4.99 Å². The fourth-order valence-corrected chi connectivity index (χ4v) is 5.95. The number of carbonyl (C=O) groups is 1. The number of hydrogen-bond acceptors (Lipinski definition) is 8. The maximum absolute atomic E-state index is 12.7. The number of fused-ring (bicyclic) bond motifs is 4. The Balaban J connectivity index is 1.39. The zero-order chi connectivity index (χ0) is 27.8. The number of hydrogen-bond donors (Lipinski definition) is 2. The molecule has 2 aliphatic rings. The summed E-state index contributed by atoms with van der Waals surface area (Å²) >= 11 is 1.61. The Labute approximate surface area is 236 Å². The van der Waals surface area contributed by atoms with Crippen molar-refractivity contribution in [2.45, 2.75) is 42.7 Å². The van der Waals surface area contributed by atoms with Crippen molar-refractivity contribution in [1.29, 1.82) is 0 Å². The third-order valence-electron chi connectivity index (χ3n) is 7.03. The Morgan fingerprint density at radius 3 is 2.73 bits per heavy atom. The molecule has 2 aliphatic heterocycles. The van der Waals surface area contributed by atoms with Crippen LogP contribution in [0.1, 0.15) is 47.7 Å². The molecule has 0 fully saturated rings. The van der Waals surface area contributed by atoms with Gasteiger partial charge < -0.3 is 19.7 Å². The minimum absolute atomic E-state index is 0.0945. The van der Waals surface area contributed by atoms with Crippen LogP contribution < -0.4 is 15.5 Å². The summed E-state index contributed by atoms with van der Waals surface area (Å²) in [7, 11) is 0.766. The van der Waals surface area contributed by atoms with Crippen molar-refractivity contribution in [3.8, 4) is 11.4 Å². The van der Waals surface area contributed by atoms with Gasteiger partial charge in [-0.25, -0.2) is 0 Å². The minimum atomic E-state index is -0.871. The number of methoxy groups -OCH3 is 1. The average Bonchev–Trinajstić information content (AvgIpc) is 3.49. The second kappa shape index (κ2) is 10.9. The number of aromatic nitrogens is 3. The molecule has 9 nitrogen and oxygen atoms in total. The van der Waals surface area contributed by atoms with Gasteiger partial charge in [-0.2, -0.15) is 0 Å². The van der Waals surface area contributed by atoms with Crippen molar-refractivity contribution in [3.05, 3.63) is 89.0 Å². The number of nitrogens with zero attached hydrogens (tertiary/aromatic N) is 4. The van der Waals surface area contributed by atoms with E-state index in [0.717, 1.165) is 49.2 Å². The Morgan fingerprint density at radius 2 is 1.95 bits per heavy atom. The summed E-state index contributed by atoms with van der Waals surface area (Å²) in [6.07, 6.45) is 0.155. The van der Waals surface area contributed by atoms with Crippen molar-refractivity contribution in [2.75, 3.05) is 13.7 Å². The molecule has 3 heterocycles. The largest absolute Gasteiger partial charge is 0.497 e. The summed E-state index contributed by atoms with van der Waals surface area (Å²) in [6.45, 7) is 4.77. The maximum Gasteiger partial charge on any atom is 0.491 e. The molecule has 0 unspecified atom stereocenters. The van der Waals surface area contributed by atoms with E-state index in [1.807, 2.05) is 66.9 Å². The lowest BCUT2D eigenvalue weighted by molar-refractivity contribution is -0.121. The molecule has 6 rings (SSSR count). The van der Waals surface area contributed by atoms with E-state index in [9.17, 15) is 9.82 Å². The molecule has 3 aromatic carbocycles. The second-order valence-electron chi connectivity index (χ2n) is 9.63. The van der Waals surface area contributed by atoms with Crippen molar-refractivity contribution in [3.63, 3.8) is 0 Å². The van der Waals surface area contributed by atoms with Gasteiger partial charge in [-0.1, -0.05) is 30.0 Å². The number of rotatable bonds is 7. The monoisotopic (exact) mass is 553 g/mol. The molecule has 4 aromatic rings. The quantitative estimate of drug-likeness (QED) is 0.338. The molecular weight excluding hydrogens is 525 g/mol. The molecule has 0 saturated carbocycles. The van der Waals surface area contributed by atoms with Gasteiger partial charge in [0.2, 0.25) is 5.91 Å². The maximum atomic E-state index is 12.7. The molecule has 0 saturated heterocycles. The van der Waals surface area contributed by atoms with Gasteiger partial charge in [-0.3, -0.25) is 14.4 Å². The molecule has 1 amide bonds. The number of aliphatic imine (C=N–C) groups is 1. The lowest BCUT2D eigenvalue weighted by atomic mass is 9.80. The number of amides is 1. The van der Waals surface area contributed by atoms with Crippen molar-refractivity contribution < 1.29 is 19.2 Å². The van der Waals surface area contributed by atoms with Gasteiger partial charge in [0.25, 0.3) is 0 Å². The number of ether oxygens (including phenoxy) is 1. The first kappa shape index (κ1) is 26.3. The number of carbonyl (C=O) groups excluding carboxylic acids is 1. The summed E-state index contributed by atoms with van der Waals surface area (Å²) in [5.41, 5.74) is 5.25. The van der Waals surface area contributed by atoms with Gasteiger partial charge in [0.1, 0.15) is 17.6 Å². The fourth-order valence-electron chi connectivity index (χ4n) is 5.09.